The molecular formula is C23H22Cl2FN5O. The van der Waals surface area contributed by atoms with Crippen LogP contribution in [-0.4, -0.2) is 37.7 Å². The normalized spacial score (nSPS) is 13.0. The smallest absolute Gasteiger partial charge is 0.334 e. The van der Waals surface area contributed by atoms with Crippen molar-refractivity contribution in [2.45, 2.75) is 6.92 Å². The number of pyridine rings is 1. The number of aromatic nitrogens is 1. The van der Waals surface area contributed by atoms with Crippen molar-refractivity contribution in [1.29, 1.82) is 0 Å². The van der Waals surface area contributed by atoms with Gasteiger partial charge in [0, 0.05) is 47.7 Å². The summed E-state index contributed by atoms with van der Waals surface area (Å²) in [5.74, 6) is -0.0783. The molecule has 9 heteroatoms. The fraction of sp³-hybridized carbons (Fsp3) is 0.217. The van der Waals surface area contributed by atoms with E-state index in [1.165, 1.54) is 22.1 Å². The minimum atomic E-state index is -0.535. The molecule has 1 aliphatic rings. The molecule has 0 saturated heterocycles. The Kier molecular flexibility index (Phi) is 6.50. The van der Waals surface area contributed by atoms with Crippen LogP contribution < -0.4 is 20.4 Å². The van der Waals surface area contributed by atoms with E-state index in [9.17, 15) is 4.79 Å². The van der Waals surface area contributed by atoms with Gasteiger partial charge >= 0.3 is 6.03 Å². The van der Waals surface area contributed by atoms with Crippen LogP contribution in [0.5, 0.6) is 0 Å². The van der Waals surface area contributed by atoms with Gasteiger partial charge in [0.15, 0.2) is 0 Å². The van der Waals surface area contributed by atoms with Crippen molar-refractivity contribution in [2.75, 3.05) is 41.8 Å². The lowest BCUT2D eigenvalue weighted by atomic mass is 10.0. The van der Waals surface area contributed by atoms with E-state index >= 15 is 4.39 Å². The van der Waals surface area contributed by atoms with Crippen molar-refractivity contribution in [3.05, 3.63) is 64.5 Å². The molecule has 166 valence electrons. The average Bonchev–Trinajstić information content (AvgIpc) is 2.86. The number of benzene rings is 2. The van der Waals surface area contributed by atoms with Crippen LogP contribution in [0.1, 0.15) is 6.92 Å². The third-order valence-electron chi connectivity index (χ3n) is 5.21. The molecule has 6 nitrogen and oxygen atoms in total. The van der Waals surface area contributed by atoms with E-state index in [1.54, 1.807) is 36.4 Å². The number of likely N-dealkylation sites (N-methyl/N-ethyl adjacent to an activating group) is 1. The van der Waals surface area contributed by atoms with E-state index < -0.39 is 11.8 Å². The maximum absolute atomic E-state index is 15.3. The summed E-state index contributed by atoms with van der Waals surface area (Å²) in [4.78, 5) is 20.9. The molecule has 0 spiro atoms. The van der Waals surface area contributed by atoms with Gasteiger partial charge in [-0.3, -0.25) is 9.80 Å². The quantitative estimate of drug-likeness (QED) is 0.436. The van der Waals surface area contributed by atoms with Gasteiger partial charge in [-0.15, -0.1) is 0 Å². The molecule has 2 aromatic carbocycles. The number of hydrogen-bond acceptors (Lipinski definition) is 4. The lowest BCUT2D eigenvalue weighted by Crippen LogP contribution is -2.41. The Morgan fingerprint density at radius 2 is 1.81 bits per heavy atom. The summed E-state index contributed by atoms with van der Waals surface area (Å²) in [6.07, 6.45) is 1.49. The predicted octanol–water partition coefficient (Wildman–Crippen LogP) is 5.92. The van der Waals surface area contributed by atoms with Gasteiger partial charge in [0.25, 0.3) is 0 Å². The van der Waals surface area contributed by atoms with Crippen molar-refractivity contribution in [3.8, 4) is 11.1 Å². The highest BCUT2D eigenvalue weighted by Gasteiger charge is 2.34. The van der Waals surface area contributed by atoms with E-state index in [4.69, 9.17) is 23.2 Å². The summed E-state index contributed by atoms with van der Waals surface area (Å²) in [5, 5.41) is 7.03. The lowest BCUT2D eigenvalue weighted by molar-refractivity contribution is 0.253. The first kappa shape index (κ1) is 22.3. The number of hydrogen-bond donors (Lipinski definition) is 2. The Labute approximate surface area is 196 Å². The number of halogens is 3. The second-order valence-electron chi connectivity index (χ2n) is 7.24. The fourth-order valence-corrected chi connectivity index (χ4v) is 4.05. The Morgan fingerprint density at radius 1 is 1.00 bits per heavy atom. The number of amides is 2. The number of urea groups is 1. The van der Waals surface area contributed by atoms with Crippen LogP contribution in [0.3, 0.4) is 0 Å². The summed E-state index contributed by atoms with van der Waals surface area (Å²) >= 11 is 12.5. The van der Waals surface area contributed by atoms with Crippen LogP contribution in [0.15, 0.2) is 48.7 Å². The Hall–Kier alpha value is -2.87. The van der Waals surface area contributed by atoms with Crippen molar-refractivity contribution < 1.29 is 9.18 Å². The van der Waals surface area contributed by atoms with Crippen molar-refractivity contribution in [1.82, 2.24) is 10.3 Å². The summed E-state index contributed by atoms with van der Waals surface area (Å²) in [6.45, 7) is 3.55. The Balaban J connectivity index is 1.88. The number of nitrogens with one attached hydrogen (secondary N) is 2. The van der Waals surface area contributed by atoms with Gasteiger partial charge in [-0.2, -0.15) is 0 Å². The van der Waals surface area contributed by atoms with Gasteiger partial charge in [-0.1, -0.05) is 29.3 Å². The van der Waals surface area contributed by atoms with Crippen molar-refractivity contribution in [3.63, 3.8) is 0 Å². The molecule has 32 heavy (non-hydrogen) atoms. The standard InChI is InChI=1S/C23H22Cl2FN5O/c1-3-30-22-18(10-15(25)13-29-22)17-6-4-14(24)11-21(17)31(23(30)32)20-7-5-16(12-19(20)26)28-9-8-27-2/h4-7,10-13,27-28H,3,8-9H2,1-2H3. The van der Waals surface area contributed by atoms with E-state index in [-0.39, 0.29) is 5.69 Å². The van der Waals surface area contributed by atoms with Crippen LogP contribution in [0.2, 0.25) is 10.0 Å². The van der Waals surface area contributed by atoms with Crippen LogP contribution in [-0.2, 0) is 0 Å². The van der Waals surface area contributed by atoms with Crippen LogP contribution in [0, 0.1) is 5.82 Å². The molecule has 0 atom stereocenters. The van der Waals surface area contributed by atoms with E-state index in [0.29, 0.717) is 51.5 Å². The molecule has 0 bridgehead atoms. The third-order valence-corrected chi connectivity index (χ3v) is 5.65. The van der Waals surface area contributed by atoms with E-state index in [0.717, 1.165) is 6.54 Å². The van der Waals surface area contributed by atoms with Crippen LogP contribution in [0.4, 0.5) is 32.1 Å². The van der Waals surface area contributed by atoms with Crippen molar-refractivity contribution >= 4 is 52.1 Å². The summed E-state index contributed by atoms with van der Waals surface area (Å²) in [6, 6.07) is 11.2. The second kappa shape index (κ2) is 9.32. The fourth-order valence-electron chi connectivity index (χ4n) is 3.73. The minimum absolute atomic E-state index is 0.120. The van der Waals surface area contributed by atoms with Crippen LogP contribution in [0.25, 0.3) is 11.1 Å². The SMILES string of the molecule is CCN1C(=O)N(c2ccc(NCCNC)cc2F)c2cc(Cl)ccc2-c2cc(Cl)cnc21. The van der Waals surface area contributed by atoms with Gasteiger partial charge in [0.05, 0.1) is 16.4 Å². The zero-order chi connectivity index (χ0) is 22.8. The molecule has 0 saturated carbocycles. The molecule has 1 aliphatic heterocycles. The highest BCUT2D eigenvalue weighted by Crippen LogP contribution is 2.45. The average molecular weight is 474 g/mol. The van der Waals surface area contributed by atoms with E-state index in [1.807, 2.05) is 14.0 Å². The number of carbonyl (C=O) groups excluding carboxylic acids is 1. The topological polar surface area (TPSA) is 60.5 Å². The zero-order valence-electron chi connectivity index (χ0n) is 17.6. The van der Waals surface area contributed by atoms with Crippen molar-refractivity contribution in [2.24, 2.45) is 0 Å². The van der Waals surface area contributed by atoms with Gasteiger partial charge in [0.1, 0.15) is 11.6 Å². The van der Waals surface area contributed by atoms with Gasteiger partial charge in [-0.05, 0) is 50.4 Å². The third kappa shape index (κ3) is 4.11. The number of carbonyl (C=O) groups is 1. The largest absolute Gasteiger partial charge is 0.384 e. The van der Waals surface area contributed by atoms with E-state index in [2.05, 4.69) is 15.6 Å². The first-order valence-electron chi connectivity index (χ1n) is 10.2. The molecule has 2 amide bonds. The lowest BCUT2D eigenvalue weighted by Gasteiger charge is -2.28. The zero-order valence-corrected chi connectivity index (χ0v) is 19.1. The summed E-state index contributed by atoms with van der Waals surface area (Å²) in [5.41, 5.74) is 2.56. The number of fused-ring (bicyclic) bond motifs is 3. The molecule has 0 radical (unpaired) electrons. The number of rotatable bonds is 6. The highest BCUT2D eigenvalue weighted by atomic mass is 35.5. The first-order valence-corrected chi connectivity index (χ1v) is 10.9. The Morgan fingerprint density at radius 3 is 2.53 bits per heavy atom. The molecule has 0 aliphatic carbocycles. The van der Waals surface area contributed by atoms with Gasteiger partial charge in [0.2, 0.25) is 0 Å². The maximum atomic E-state index is 15.3. The second-order valence-corrected chi connectivity index (χ2v) is 8.12. The predicted molar refractivity (Wildman–Crippen MR) is 129 cm³/mol. The molecule has 3 aromatic rings. The molecule has 4 rings (SSSR count). The summed E-state index contributed by atoms with van der Waals surface area (Å²) < 4.78 is 15.3. The number of nitrogens with zero attached hydrogens (tertiary/aromatic N) is 3. The maximum Gasteiger partial charge on any atom is 0.334 e. The molecule has 0 unspecified atom stereocenters. The van der Waals surface area contributed by atoms with Crippen LogP contribution >= 0.6 is 23.2 Å². The first-order chi connectivity index (χ1) is 15.4. The Bertz CT molecular complexity index is 1170. The molecular weight excluding hydrogens is 452 g/mol. The monoisotopic (exact) mass is 473 g/mol. The highest BCUT2D eigenvalue weighted by molar-refractivity contribution is 6.32. The number of anilines is 4. The molecule has 2 heterocycles. The molecule has 2 N–H and O–H groups in total. The summed E-state index contributed by atoms with van der Waals surface area (Å²) in [7, 11) is 1.85. The van der Waals surface area contributed by atoms with Gasteiger partial charge in [-0.25, -0.2) is 14.2 Å². The minimum Gasteiger partial charge on any atom is -0.384 e. The molecule has 0 fully saturated rings. The molecule has 1 aromatic heterocycles. The van der Waals surface area contributed by atoms with Gasteiger partial charge < -0.3 is 10.6 Å².